The Hall–Kier alpha value is -2.95. The summed E-state index contributed by atoms with van der Waals surface area (Å²) in [5.74, 6) is 1.19. The van der Waals surface area contributed by atoms with Crippen LogP contribution in [0.25, 0.3) is 11.4 Å². The second-order valence-electron chi connectivity index (χ2n) is 6.80. The van der Waals surface area contributed by atoms with Crippen LogP contribution < -0.4 is 0 Å². The summed E-state index contributed by atoms with van der Waals surface area (Å²) in [4.78, 5) is 19.0. The molecule has 1 aliphatic heterocycles. The normalized spacial score (nSPS) is 18.3. The number of rotatable bonds is 4. The molecule has 2 unspecified atom stereocenters. The summed E-state index contributed by atoms with van der Waals surface area (Å²) >= 11 is 0. The summed E-state index contributed by atoms with van der Waals surface area (Å²) in [6.07, 6.45) is 0.409. The van der Waals surface area contributed by atoms with Gasteiger partial charge in [0.2, 0.25) is 17.6 Å². The maximum Gasteiger partial charge on any atom is 0.232 e. The van der Waals surface area contributed by atoms with E-state index in [2.05, 4.69) is 17.1 Å². The van der Waals surface area contributed by atoms with Crippen molar-refractivity contribution in [2.45, 2.75) is 32.2 Å². The van der Waals surface area contributed by atoms with E-state index in [4.69, 9.17) is 4.52 Å². The Kier molecular flexibility index (Phi) is 4.29. The SMILES string of the molecule is Cc1ccccc1-c1noc(C2CC(=O)N(C(C)c3ccccc3)C2)n1. The van der Waals surface area contributed by atoms with Crippen LogP contribution in [0, 0.1) is 6.92 Å². The van der Waals surface area contributed by atoms with Crippen molar-refractivity contribution in [1.82, 2.24) is 15.0 Å². The third kappa shape index (κ3) is 3.01. The molecule has 26 heavy (non-hydrogen) atoms. The first-order valence-corrected chi connectivity index (χ1v) is 8.87. The predicted molar refractivity (Wildman–Crippen MR) is 98.4 cm³/mol. The van der Waals surface area contributed by atoms with Crippen molar-refractivity contribution >= 4 is 5.91 Å². The number of carbonyl (C=O) groups is 1. The Bertz CT molecular complexity index is 920. The second kappa shape index (κ2) is 6.75. The van der Waals surface area contributed by atoms with Crippen LogP contribution in [0.2, 0.25) is 0 Å². The van der Waals surface area contributed by atoms with Gasteiger partial charge in [0.25, 0.3) is 0 Å². The van der Waals surface area contributed by atoms with Gasteiger partial charge < -0.3 is 9.42 Å². The van der Waals surface area contributed by atoms with Crippen LogP contribution in [-0.2, 0) is 4.79 Å². The van der Waals surface area contributed by atoms with Gasteiger partial charge in [-0.1, -0.05) is 59.8 Å². The molecule has 5 nitrogen and oxygen atoms in total. The zero-order valence-electron chi connectivity index (χ0n) is 14.9. The van der Waals surface area contributed by atoms with Gasteiger partial charge in [0, 0.05) is 18.5 Å². The first-order chi connectivity index (χ1) is 12.6. The van der Waals surface area contributed by atoms with Gasteiger partial charge in [-0.25, -0.2) is 0 Å². The highest BCUT2D eigenvalue weighted by Crippen LogP contribution is 2.34. The summed E-state index contributed by atoms with van der Waals surface area (Å²) in [7, 11) is 0. The standard InChI is InChI=1S/C21H21N3O2/c1-14-8-6-7-11-18(14)20-22-21(26-23-20)17-12-19(25)24(13-17)15(2)16-9-4-3-5-10-16/h3-11,15,17H,12-13H2,1-2H3. The van der Waals surface area contributed by atoms with Crippen LogP contribution in [0.5, 0.6) is 0 Å². The first kappa shape index (κ1) is 16.5. The maximum absolute atomic E-state index is 12.5. The van der Waals surface area contributed by atoms with Gasteiger partial charge in [0.1, 0.15) is 0 Å². The largest absolute Gasteiger partial charge is 0.339 e. The molecule has 5 heteroatoms. The van der Waals surface area contributed by atoms with Gasteiger partial charge in [0.15, 0.2) is 0 Å². The molecule has 1 aliphatic rings. The summed E-state index contributed by atoms with van der Waals surface area (Å²) < 4.78 is 5.50. The summed E-state index contributed by atoms with van der Waals surface area (Å²) in [6, 6.07) is 18.1. The molecule has 4 rings (SSSR count). The predicted octanol–water partition coefficient (Wildman–Crippen LogP) is 4.12. The quantitative estimate of drug-likeness (QED) is 0.712. The summed E-state index contributed by atoms with van der Waals surface area (Å²) in [5, 5.41) is 4.13. The molecule has 0 saturated carbocycles. The van der Waals surface area contributed by atoms with Crippen LogP contribution in [0.3, 0.4) is 0 Å². The van der Waals surface area contributed by atoms with Crippen molar-refractivity contribution in [3.8, 4) is 11.4 Å². The van der Waals surface area contributed by atoms with E-state index in [1.807, 2.05) is 66.4 Å². The smallest absolute Gasteiger partial charge is 0.232 e. The van der Waals surface area contributed by atoms with Crippen molar-refractivity contribution in [2.75, 3.05) is 6.54 Å². The average molecular weight is 347 g/mol. The molecule has 132 valence electrons. The molecule has 1 saturated heterocycles. The van der Waals surface area contributed by atoms with Gasteiger partial charge in [-0.15, -0.1) is 0 Å². The molecule has 1 amide bonds. The summed E-state index contributed by atoms with van der Waals surface area (Å²) in [6.45, 7) is 4.68. The summed E-state index contributed by atoms with van der Waals surface area (Å²) in [5.41, 5.74) is 3.19. The molecule has 2 atom stereocenters. The Labute approximate surface area is 152 Å². The van der Waals surface area contributed by atoms with E-state index in [1.54, 1.807) is 0 Å². The molecule has 1 fully saturated rings. The Balaban J connectivity index is 1.54. The Morgan fingerprint density at radius 3 is 2.62 bits per heavy atom. The monoisotopic (exact) mass is 347 g/mol. The number of hydrogen-bond acceptors (Lipinski definition) is 4. The third-order valence-electron chi connectivity index (χ3n) is 5.08. The van der Waals surface area contributed by atoms with Crippen molar-refractivity contribution < 1.29 is 9.32 Å². The van der Waals surface area contributed by atoms with Gasteiger partial charge in [0.05, 0.1) is 12.0 Å². The minimum Gasteiger partial charge on any atom is -0.339 e. The van der Waals surface area contributed by atoms with E-state index in [0.717, 1.165) is 16.7 Å². The maximum atomic E-state index is 12.5. The van der Waals surface area contributed by atoms with Gasteiger partial charge in [-0.05, 0) is 25.0 Å². The number of hydrogen-bond donors (Lipinski definition) is 0. The van der Waals surface area contributed by atoms with Crippen LogP contribution in [-0.4, -0.2) is 27.5 Å². The zero-order valence-corrected chi connectivity index (χ0v) is 14.9. The molecule has 0 radical (unpaired) electrons. The number of aryl methyl sites for hydroxylation is 1. The van der Waals surface area contributed by atoms with E-state index in [1.165, 1.54) is 0 Å². The number of benzene rings is 2. The van der Waals surface area contributed by atoms with Crippen molar-refractivity contribution in [3.63, 3.8) is 0 Å². The van der Waals surface area contributed by atoms with Gasteiger partial charge >= 0.3 is 0 Å². The lowest BCUT2D eigenvalue weighted by atomic mass is 10.1. The molecule has 2 aromatic carbocycles. The van der Waals surface area contributed by atoms with Crippen LogP contribution >= 0.6 is 0 Å². The molecule has 0 bridgehead atoms. The highest BCUT2D eigenvalue weighted by atomic mass is 16.5. The second-order valence-corrected chi connectivity index (χ2v) is 6.80. The Morgan fingerprint density at radius 2 is 1.85 bits per heavy atom. The third-order valence-corrected chi connectivity index (χ3v) is 5.08. The lowest BCUT2D eigenvalue weighted by Crippen LogP contribution is -2.28. The van der Waals surface area contributed by atoms with E-state index in [-0.39, 0.29) is 17.9 Å². The molecular formula is C21H21N3O2. The highest BCUT2D eigenvalue weighted by molar-refractivity contribution is 5.80. The first-order valence-electron chi connectivity index (χ1n) is 8.87. The molecule has 0 aliphatic carbocycles. The minimum atomic E-state index is -0.0565. The van der Waals surface area contributed by atoms with E-state index >= 15 is 0 Å². The highest BCUT2D eigenvalue weighted by Gasteiger charge is 2.37. The number of nitrogens with zero attached hydrogens (tertiary/aromatic N) is 3. The van der Waals surface area contributed by atoms with E-state index < -0.39 is 0 Å². The number of amides is 1. The number of carbonyl (C=O) groups excluding carboxylic acids is 1. The van der Waals surface area contributed by atoms with Crippen LogP contribution in [0.4, 0.5) is 0 Å². The van der Waals surface area contributed by atoms with Crippen molar-refractivity contribution in [2.24, 2.45) is 0 Å². The van der Waals surface area contributed by atoms with Crippen LogP contribution in [0.1, 0.15) is 42.3 Å². The topological polar surface area (TPSA) is 59.2 Å². The number of aromatic nitrogens is 2. The van der Waals surface area contributed by atoms with Crippen molar-refractivity contribution in [1.29, 1.82) is 0 Å². The zero-order chi connectivity index (χ0) is 18.1. The Morgan fingerprint density at radius 1 is 1.12 bits per heavy atom. The van der Waals surface area contributed by atoms with Gasteiger partial charge in [-0.2, -0.15) is 4.98 Å². The van der Waals surface area contributed by atoms with Crippen molar-refractivity contribution in [3.05, 3.63) is 71.6 Å². The molecule has 0 N–H and O–H groups in total. The molecule has 2 heterocycles. The molecular weight excluding hydrogens is 326 g/mol. The minimum absolute atomic E-state index is 0.0347. The van der Waals surface area contributed by atoms with E-state index in [9.17, 15) is 4.79 Å². The van der Waals surface area contributed by atoms with Crippen LogP contribution in [0.15, 0.2) is 59.1 Å². The average Bonchev–Trinajstić information content (AvgIpc) is 3.29. The fourth-order valence-electron chi connectivity index (χ4n) is 3.52. The molecule has 1 aromatic heterocycles. The molecule has 3 aromatic rings. The number of likely N-dealkylation sites (tertiary alicyclic amines) is 1. The van der Waals surface area contributed by atoms with E-state index in [0.29, 0.717) is 24.7 Å². The fourth-order valence-corrected chi connectivity index (χ4v) is 3.52. The fraction of sp³-hybridized carbons (Fsp3) is 0.286. The lowest BCUT2D eigenvalue weighted by molar-refractivity contribution is -0.129. The molecule has 0 spiro atoms. The van der Waals surface area contributed by atoms with Gasteiger partial charge in [-0.3, -0.25) is 4.79 Å². The lowest BCUT2D eigenvalue weighted by Gasteiger charge is -2.24.